The summed E-state index contributed by atoms with van der Waals surface area (Å²) in [5, 5.41) is 11.7. The van der Waals surface area contributed by atoms with Crippen LogP contribution in [0.25, 0.3) is 16.9 Å². The van der Waals surface area contributed by atoms with Crippen LogP contribution in [-0.4, -0.2) is 52.5 Å². The first-order valence-corrected chi connectivity index (χ1v) is 11.4. The van der Waals surface area contributed by atoms with Gasteiger partial charge in [-0.25, -0.2) is 13.9 Å². The molecule has 12 heteroatoms. The van der Waals surface area contributed by atoms with Crippen molar-refractivity contribution in [3.05, 3.63) is 66.3 Å². The van der Waals surface area contributed by atoms with Gasteiger partial charge in [0.2, 0.25) is 5.91 Å². The molecule has 0 spiro atoms. The summed E-state index contributed by atoms with van der Waals surface area (Å²) >= 11 is 1.28. The fraction of sp³-hybridized carbons (Fsp3) is 0.105. The standard InChI is InChI=1S/C19H17N7O3S2/c1-31(29)25-7-4-13(10-25)18(28)21-9-17(27)24-19-23-16(12-30-19)14-8-22-26(11-14)15-2-5-20-6-3-15/h2-8,10-12H,9H2,1H3,(H,21,28)(H,23,24,27). The third-order valence-electron chi connectivity index (χ3n) is 4.19. The largest absolute Gasteiger partial charge is 0.343 e. The Morgan fingerprint density at radius 1 is 1.19 bits per heavy atom. The zero-order valence-corrected chi connectivity index (χ0v) is 17.9. The van der Waals surface area contributed by atoms with Crippen molar-refractivity contribution in [3.63, 3.8) is 0 Å². The maximum Gasteiger partial charge on any atom is 0.253 e. The Morgan fingerprint density at radius 3 is 2.74 bits per heavy atom. The molecule has 1 atom stereocenters. The first-order chi connectivity index (χ1) is 15.0. The summed E-state index contributed by atoms with van der Waals surface area (Å²) in [6.07, 6.45) is 11.4. The van der Waals surface area contributed by atoms with Crippen LogP contribution in [0.3, 0.4) is 0 Å². The molecule has 0 radical (unpaired) electrons. The number of carbonyl (C=O) groups excluding carboxylic acids is 2. The smallest absolute Gasteiger partial charge is 0.253 e. The van der Waals surface area contributed by atoms with Gasteiger partial charge in [-0.2, -0.15) is 5.10 Å². The summed E-state index contributed by atoms with van der Waals surface area (Å²) in [5.74, 6) is -0.831. The maximum atomic E-state index is 12.2. The molecule has 31 heavy (non-hydrogen) atoms. The summed E-state index contributed by atoms with van der Waals surface area (Å²) in [6, 6.07) is 5.22. The molecule has 158 valence electrons. The normalized spacial score (nSPS) is 11.8. The van der Waals surface area contributed by atoms with Crippen LogP contribution in [-0.2, 0) is 15.8 Å². The molecule has 1 unspecified atom stereocenters. The molecule has 2 amide bonds. The van der Waals surface area contributed by atoms with Crippen molar-refractivity contribution < 1.29 is 13.8 Å². The number of nitrogens with one attached hydrogen (secondary N) is 2. The van der Waals surface area contributed by atoms with E-state index in [1.807, 2.05) is 23.7 Å². The first kappa shape index (κ1) is 20.6. The average molecular weight is 456 g/mol. The summed E-state index contributed by atoms with van der Waals surface area (Å²) in [4.78, 5) is 32.7. The zero-order valence-electron chi connectivity index (χ0n) is 16.3. The predicted molar refractivity (Wildman–Crippen MR) is 117 cm³/mol. The second kappa shape index (κ2) is 9.02. The van der Waals surface area contributed by atoms with Gasteiger partial charge in [0.1, 0.15) is 11.0 Å². The molecule has 0 saturated heterocycles. The Bertz CT molecular complexity index is 1250. The van der Waals surface area contributed by atoms with Crippen LogP contribution in [0.15, 0.2) is 60.8 Å². The van der Waals surface area contributed by atoms with Crippen molar-refractivity contribution in [2.24, 2.45) is 0 Å². The van der Waals surface area contributed by atoms with Gasteiger partial charge in [0.15, 0.2) is 5.13 Å². The fourth-order valence-electron chi connectivity index (χ4n) is 2.65. The number of aromatic nitrogens is 5. The second-order valence-electron chi connectivity index (χ2n) is 6.33. The van der Waals surface area contributed by atoms with Gasteiger partial charge in [0.05, 0.1) is 29.7 Å². The molecule has 4 aromatic heterocycles. The summed E-state index contributed by atoms with van der Waals surface area (Å²) in [7, 11) is -1.25. The van der Waals surface area contributed by atoms with Crippen molar-refractivity contribution in [1.82, 2.24) is 29.0 Å². The van der Waals surface area contributed by atoms with Crippen molar-refractivity contribution in [3.8, 4) is 16.9 Å². The molecule has 4 rings (SSSR count). The zero-order chi connectivity index (χ0) is 21.8. The Kier molecular flexibility index (Phi) is 6.00. The lowest BCUT2D eigenvalue weighted by Crippen LogP contribution is -2.32. The maximum absolute atomic E-state index is 12.2. The number of carbonyl (C=O) groups is 2. The van der Waals surface area contributed by atoms with Gasteiger partial charge in [-0.3, -0.25) is 18.5 Å². The predicted octanol–water partition coefficient (Wildman–Crippen LogP) is 1.70. The van der Waals surface area contributed by atoms with Crippen molar-refractivity contribution >= 4 is 39.3 Å². The van der Waals surface area contributed by atoms with Gasteiger partial charge in [-0.05, 0) is 18.2 Å². The van der Waals surface area contributed by atoms with Crippen LogP contribution in [0.2, 0.25) is 0 Å². The van der Waals surface area contributed by atoms with Gasteiger partial charge in [-0.15, -0.1) is 11.3 Å². The lowest BCUT2D eigenvalue weighted by atomic mass is 10.3. The minimum Gasteiger partial charge on any atom is -0.343 e. The van der Waals surface area contributed by atoms with E-state index >= 15 is 0 Å². The van der Waals surface area contributed by atoms with E-state index in [4.69, 9.17) is 0 Å². The van der Waals surface area contributed by atoms with Gasteiger partial charge < -0.3 is 10.6 Å². The molecular weight excluding hydrogens is 438 g/mol. The molecule has 4 heterocycles. The number of nitrogens with zero attached hydrogens (tertiary/aromatic N) is 5. The molecule has 4 aromatic rings. The quantitative estimate of drug-likeness (QED) is 0.437. The molecular formula is C19H17N7O3S2. The number of amides is 2. The fourth-order valence-corrected chi connectivity index (χ4v) is 3.88. The monoisotopic (exact) mass is 455 g/mol. The highest BCUT2D eigenvalue weighted by molar-refractivity contribution is 7.82. The van der Waals surface area contributed by atoms with Crippen LogP contribution in [0.4, 0.5) is 5.13 Å². The van der Waals surface area contributed by atoms with E-state index in [1.165, 1.54) is 33.8 Å². The van der Waals surface area contributed by atoms with E-state index in [0.29, 0.717) is 16.4 Å². The lowest BCUT2D eigenvalue weighted by Gasteiger charge is -2.03. The third kappa shape index (κ3) is 4.92. The van der Waals surface area contributed by atoms with Crippen LogP contribution in [0.1, 0.15) is 10.4 Å². The van der Waals surface area contributed by atoms with E-state index in [1.54, 1.807) is 29.5 Å². The van der Waals surface area contributed by atoms with E-state index in [0.717, 1.165) is 11.3 Å². The highest BCUT2D eigenvalue weighted by Crippen LogP contribution is 2.25. The van der Waals surface area contributed by atoms with Gasteiger partial charge in [-0.1, -0.05) is 0 Å². The summed E-state index contributed by atoms with van der Waals surface area (Å²) in [5.41, 5.74) is 2.69. The summed E-state index contributed by atoms with van der Waals surface area (Å²) < 4.78 is 14.5. The number of thiazole rings is 1. The number of anilines is 1. The highest BCUT2D eigenvalue weighted by Gasteiger charge is 2.13. The van der Waals surface area contributed by atoms with Crippen LogP contribution >= 0.6 is 11.3 Å². The van der Waals surface area contributed by atoms with Gasteiger partial charge >= 0.3 is 0 Å². The Hall–Kier alpha value is -3.64. The number of hydrogen-bond acceptors (Lipinski definition) is 7. The number of hydrogen-bond donors (Lipinski definition) is 2. The molecule has 0 aliphatic carbocycles. The van der Waals surface area contributed by atoms with Gasteiger partial charge in [0.25, 0.3) is 5.91 Å². The topological polar surface area (TPSA) is 124 Å². The van der Waals surface area contributed by atoms with Crippen LogP contribution < -0.4 is 10.6 Å². The second-order valence-corrected chi connectivity index (χ2v) is 8.46. The van der Waals surface area contributed by atoms with Crippen molar-refractivity contribution in [2.75, 3.05) is 18.1 Å². The van der Waals surface area contributed by atoms with E-state index in [9.17, 15) is 13.8 Å². The molecule has 10 nitrogen and oxygen atoms in total. The lowest BCUT2D eigenvalue weighted by molar-refractivity contribution is -0.115. The number of rotatable bonds is 7. The van der Waals surface area contributed by atoms with E-state index < -0.39 is 22.8 Å². The van der Waals surface area contributed by atoms with E-state index in [2.05, 4.69) is 25.7 Å². The minimum absolute atomic E-state index is 0.214. The Balaban J connectivity index is 1.33. The molecule has 0 saturated carbocycles. The molecule has 0 aromatic carbocycles. The van der Waals surface area contributed by atoms with Crippen molar-refractivity contribution in [2.45, 2.75) is 0 Å². The third-order valence-corrected chi connectivity index (χ3v) is 5.77. The molecule has 0 fully saturated rings. The molecule has 0 aliphatic rings. The average Bonchev–Trinajstić information content (AvgIpc) is 3.53. The molecule has 2 N–H and O–H groups in total. The first-order valence-electron chi connectivity index (χ1n) is 9.00. The molecule has 0 aliphatic heterocycles. The van der Waals surface area contributed by atoms with Crippen LogP contribution in [0, 0.1) is 0 Å². The van der Waals surface area contributed by atoms with E-state index in [-0.39, 0.29) is 6.54 Å². The Morgan fingerprint density at radius 2 is 2.00 bits per heavy atom. The SMILES string of the molecule is CS(=O)n1ccc(C(=O)NCC(=O)Nc2nc(-c3cnn(-c4ccncc4)c3)cs2)c1. The summed E-state index contributed by atoms with van der Waals surface area (Å²) in [6.45, 7) is -0.214. The number of pyridine rings is 1. The van der Waals surface area contributed by atoms with Crippen LogP contribution in [0.5, 0.6) is 0 Å². The Labute approximate surface area is 183 Å². The minimum atomic E-state index is -1.25. The molecule has 0 bridgehead atoms. The van der Waals surface area contributed by atoms with Crippen molar-refractivity contribution in [1.29, 1.82) is 0 Å². The highest BCUT2D eigenvalue weighted by atomic mass is 32.2. The van der Waals surface area contributed by atoms with Gasteiger partial charge in [0, 0.05) is 48.2 Å².